The lowest BCUT2D eigenvalue weighted by Crippen LogP contribution is -2.15. The van der Waals surface area contributed by atoms with Gasteiger partial charge in [0.25, 0.3) is 5.91 Å². The minimum atomic E-state index is -0.238. The first kappa shape index (κ1) is 18.2. The van der Waals surface area contributed by atoms with Gasteiger partial charge in [-0.1, -0.05) is 30.7 Å². The number of tetrazole rings is 1. The van der Waals surface area contributed by atoms with Crippen molar-refractivity contribution in [2.75, 3.05) is 5.32 Å². The molecule has 1 amide bonds. The van der Waals surface area contributed by atoms with E-state index in [1.54, 1.807) is 12.1 Å². The zero-order chi connectivity index (χ0) is 20.3. The number of hydrogen-bond donors (Lipinski definition) is 1. The van der Waals surface area contributed by atoms with E-state index in [1.807, 2.05) is 36.4 Å². The molecule has 1 aliphatic heterocycles. The quantitative estimate of drug-likeness (QED) is 0.565. The van der Waals surface area contributed by atoms with Crippen LogP contribution in [-0.2, 0) is 13.0 Å². The van der Waals surface area contributed by atoms with Gasteiger partial charge in [0.15, 0.2) is 5.82 Å². The number of nitrogens with one attached hydrogen (secondary N) is 1. The smallest absolute Gasteiger partial charge is 0.257 e. The van der Waals surface area contributed by atoms with Crippen LogP contribution in [0.3, 0.4) is 0 Å². The maximum absolute atomic E-state index is 13.0. The Morgan fingerprint density at radius 2 is 1.93 bits per heavy atom. The lowest BCUT2D eigenvalue weighted by molar-refractivity contribution is 0.102. The fourth-order valence-electron chi connectivity index (χ4n) is 3.77. The van der Waals surface area contributed by atoms with E-state index < -0.39 is 0 Å². The van der Waals surface area contributed by atoms with Crippen LogP contribution in [0, 0.1) is 0 Å². The normalized spacial score (nSPS) is 13.5. The van der Waals surface area contributed by atoms with E-state index in [1.165, 1.54) is 17.4 Å². The summed E-state index contributed by atoms with van der Waals surface area (Å²) in [5.41, 5.74) is 2.71. The molecule has 1 N–H and O–H groups in total. The predicted molar refractivity (Wildman–Crippen MR) is 110 cm³/mol. The second-order valence-electron chi connectivity index (χ2n) is 7.21. The third-order valence-electron chi connectivity index (χ3n) is 5.23. The van der Waals surface area contributed by atoms with Crippen LogP contribution in [0.5, 0.6) is 0 Å². The summed E-state index contributed by atoms with van der Waals surface area (Å²) in [5, 5.41) is 23.0. The second kappa shape index (κ2) is 7.86. The van der Waals surface area contributed by atoms with E-state index >= 15 is 0 Å². The molecular formula is C21H20N8O. The molecule has 0 fully saturated rings. The molecular weight excluding hydrogens is 380 g/mol. The molecule has 9 nitrogen and oxygen atoms in total. The highest BCUT2D eigenvalue weighted by molar-refractivity contribution is 6.06. The average Bonchev–Trinajstić information content (AvgIpc) is 3.39. The number of fused-ring (bicyclic) bond motifs is 1. The van der Waals surface area contributed by atoms with Gasteiger partial charge in [0.2, 0.25) is 0 Å². The van der Waals surface area contributed by atoms with E-state index in [4.69, 9.17) is 0 Å². The molecule has 9 heteroatoms. The van der Waals surface area contributed by atoms with Crippen molar-refractivity contribution in [3.8, 4) is 17.1 Å². The summed E-state index contributed by atoms with van der Waals surface area (Å²) >= 11 is 0. The molecule has 3 heterocycles. The molecule has 0 radical (unpaired) electrons. The third kappa shape index (κ3) is 3.45. The van der Waals surface area contributed by atoms with E-state index in [0.717, 1.165) is 43.0 Å². The highest BCUT2D eigenvalue weighted by atomic mass is 16.1. The molecule has 0 bridgehead atoms. The molecule has 5 rings (SSSR count). The van der Waals surface area contributed by atoms with Crippen molar-refractivity contribution < 1.29 is 4.79 Å². The lowest BCUT2D eigenvalue weighted by atomic mass is 10.1. The summed E-state index contributed by atoms with van der Waals surface area (Å²) in [5.74, 6) is 1.64. The van der Waals surface area contributed by atoms with Crippen molar-refractivity contribution in [1.82, 2.24) is 35.0 Å². The number of carbonyl (C=O) groups excluding carboxylic acids is 1. The Bertz CT molecular complexity index is 1180. The number of hydrogen-bond acceptors (Lipinski definition) is 6. The minimum Gasteiger partial charge on any atom is -0.322 e. The molecule has 4 aromatic rings. The Kier molecular flexibility index (Phi) is 4.76. The number of anilines is 1. The van der Waals surface area contributed by atoms with E-state index in [-0.39, 0.29) is 5.91 Å². The van der Waals surface area contributed by atoms with Crippen LogP contribution in [0.1, 0.15) is 35.4 Å². The van der Waals surface area contributed by atoms with Gasteiger partial charge in [-0.05, 0) is 47.5 Å². The number of rotatable bonds is 4. The fraction of sp³-hybridized carbons (Fsp3) is 0.238. The van der Waals surface area contributed by atoms with Gasteiger partial charge in [-0.2, -0.15) is 4.68 Å². The van der Waals surface area contributed by atoms with Gasteiger partial charge in [-0.3, -0.25) is 4.79 Å². The molecule has 0 spiro atoms. The largest absolute Gasteiger partial charge is 0.322 e. The summed E-state index contributed by atoms with van der Waals surface area (Å²) in [6, 6.07) is 14.9. The van der Waals surface area contributed by atoms with Gasteiger partial charge in [0.05, 0.1) is 11.3 Å². The first-order valence-electron chi connectivity index (χ1n) is 9.96. The van der Waals surface area contributed by atoms with Gasteiger partial charge in [0, 0.05) is 24.2 Å². The molecule has 0 saturated carbocycles. The summed E-state index contributed by atoms with van der Waals surface area (Å²) in [4.78, 5) is 13.0. The minimum absolute atomic E-state index is 0.238. The molecule has 30 heavy (non-hydrogen) atoms. The molecule has 0 aliphatic carbocycles. The zero-order valence-electron chi connectivity index (χ0n) is 16.3. The number of benzene rings is 2. The number of carbonyl (C=O) groups is 1. The number of aromatic nitrogens is 7. The highest BCUT2D eigenvalue weighted by Crippen LogP contribution is 2.25. The molecule has 2 aromatic carbocycles. The van der Waals surface area contributed by atoms with E-state index in [9.17, 15) is 4.79 Å². The van der Waals surface area contributed by atoms with Gasteiger partial charge < -0.3 is 9.88 Å². The van der Waals surface area contributed by atoms with E-state index in [2.05, 4.69) is 35.6 Å². The van der Waals surface area contributed by atoms with Crippen molar-refractivity contribution >= 4 is 11.6 Å². The topological polar surface area (TPSA) is 103 Å². The van der Waals surface area contributed by atoms with Gasteiger partial charge in [-0.25, -0.2) is 0 Å². The summed E-state index contributed by atoms with van der Waals surface area (Å²) < 4.78 is 3.66. The third-order valence-corrected chi connectivity index (χ3v) is 5.23. The van der Waals surface area contributed by atoms with Gasteiger partial charge >= 0.3 is 0 Å². The molecule has 1 aliphatic rings. The SMILES string of the molecule is O=C(Nc1cccc(-c2nnc3n2CCCCC3)c1)c1ccccc1-n1cnnn1. The zero-order valence-corrected chi connectivity index (χ0v) is 16.3. The van der Waals surface area contributed by atoms with Gasteiger partial charge in [-0.15, -0.1) is 15.3 Å². The van der Waals surface area contributed by atoms with Crippen LogP contribution in [0.25, 0.3) is 17.1 Å². The van der Waals surface area contributed by atoms with Crippen LogP contribution in [0.15, 0.2) is 54.9 Å². The Hall–Kier alpha value is -3.88. The summed E-state index contributed by atoms with van der Waals surface area (Å²) in [7, 11) is 0. The van der Waals surface area contributed by atoms with Crippen LogP contribution in [0.2, 0.25) is 0 Å². The van der Waals surface area contributed by atoms with Crippen molar-refractivity contribution in [2.24, 2.45) is 0 Å². The van der Waals surface area contributed by atoms with Crippen LogP contribution < -0.4 is 5.32 Å². The standard InChI is InChI=1S/C21H20N8O/c30-21(17-9-3-4-10-18(17)29-14-22-26-27-29)23-16-8-6-7-15(13-16)20-25-24-19-11-2-1-5-12-28(19)20/h3-4,6-10,13-14H,1-2,5,11-12H2,(H,23,30). The fourth-order valence-corrected chi connectivity index (χ4v) is 3.77. The van der Waals surface area contributed by atoms with Crippen LogP contribution in [0.4, 0.5) is 5.69 Å². The van der Waals surface area contributed by atoms with Crippen LogP contribution in [-0.4, -0.2) is 40.9 Å². The Balaban J connectivity index is 1.43. The number of amides is 1. The predicted octanol–water partition coefficient (Wildman–Crippen LogP) is 2.90. The maximum atomic E-state index is 13.0. The molecule has 0 saturated heterocycles. The average molecular weight is 400 g/mol. The number of para-hydroxylation sites is 1. The lowest BCUT2D eigenvalue weighted by Gasteiger charge is -2.11. The first-order valence-corrected chi connectivity index (χ1v) is 9.96. The van der Waals surface area contributed by atoms with Crippen molar-refractivity contribution in [3.05, 3.63) is 66.2 Å². The van der Waals surface area contributed by atoms with E-state index in [0.29, 0.717) is 16.9 Å². The van der Waals surface area contributed by atoms with Crippen molar-refractivity contribution in [3.63, 3.8) is 0 Å². The van der Waals surface area contributed by atoms with Crippen LogP contribution >= 0.6 is 0 Å². The molecule has 2 aromatic heterocycles. The molecule has 150 valence electrons. The highest BCUT2D eigenvalue weighted by Gasteiger charge is 2.17. The number of nitrogens with zero attached hydrogens (tertiary/aromatic N) is 7. The van der Waals surface area contributed by atoms with Crippen molar-refractivity contribution in [1.29, 1.82) is 0 Å². The monoisotopic (exact) mass is 400 g/mol. The first-order chi connectivity index (χ1) is 14.8. The Morgan fingerprint density at radius 3 is 2.83 bits per heavy atom. The summed E-state index contributed by atoms with van der Waals surface area (Å²) in [6.07, 6.45) is 5.90. The van der Waals surface area contributed by atoms with Crippen molar-refractivity contribution in [2.45, 2.75) is 32.2 Å². The number of aryl methyl sites for hydroxylation is 1. The second-order valence-corrected chi connectivity index (χ2v) is 7.21. The van der Waals surface area contributed by atoms with Gasteiger partial charge in [0.1, 0.15) is 12.2 Å². The molecule has 0 atom stereocenters. The Labute approximate surface area is 172 Å². The maximum Gasteiger partial charge on any atom is 0.257 e. The molecule has 0 unspecified atom stereocenters. The summed E-state index contributed by atoms with van der Waals surface area (Å²) in [6.45, 7) is 0.924. The Morgan fingerprint density at radius 1 is 1.00 bits per heavy atom.